The molecule has 2 aliphatic rings. The molecule has 1 fully saturated rings. The Balaban J connectivity index is 1.45. The number of piperazine rings is 1. The molecular formula is C22H28N4O2. The van der Waals surface area contributed by atoms with Crippen molar-refractivity contribution in [2.24, 2.45) is 0 Å². The van der Waals surface area contributed by atoms with Crippen LogP contribution in [-0.4, -0.2) is 65.1 Å². The molecule has 3 heterocycles. The van der Waals surface area contributed by atoms with Gasteiger partial charge < -0.3 is 19.3 Å². The fraction of sp³-hybridized carbons (Fsp3) is 0.455. The van der Waals surface area contributed by atoms with Crippen LogP contribution in [0.25, 0.3) is 0 Å². The molecule has 6 nitrogen and oxygen atoms in total. The quantitative estimate of drug-likeness (QED) is 0.816. The maximum Gasteiger partial charge on any atom is 0.320 e. The van der Waals surface area contributed by atoms with Gasteiger partial charge in [-0.2, -0.15) is 0 Å². The van der Waals surface area contributed by atoms with Crippen LogP contribution in [-0.2, 0) is 25.9 Å². The second-order valence-corrected chi connectivity index (χ2v) is 7.84. The van der Waals surface area contributed by atoms with Crippen LogP contribution in [0, 0.1) is 0 Å². The molecule has 0 saturated carbocycles. The number of hydrogen-bond acceptors (Lipinski definition) is 3. The molecule has 0 radical (unpaired) electrons. The molecule has 0 unspecified atom stereocenters. The second-order valence-electron chi connectivity index (χ2n) is 7.84. The maximum atomic E-state index is 12.9. The Morgan fingerprint density at radius 1 is 0.964 bits per heavy atom. The standard InChI is InChI=1S/C22H28N4O2/c1-23-11-13-24(14-12-23)22(28)26-10-8-19-15-21(27)25(16-20(19)17-26)9-7-18-5-3-2-4-6-18/h2-6,15-16H,7-14,17H2,1H3. The normalized spacial score (nSPS) is 17.5. The first-order valence-corrected chi connectivity index (χ1v) is 10.1. The van der Waals surface area contributed by atoms with E-state index in [0.29, 0.717) is 19.6 Å². The summed E-state index contributed by atoms with van der Waals surface area (Å²) in [5.41, 5.74) is 3.46. The number of aryl methyl sites for hydroxylation is 2. The van der Waals surface area contributed by atoms with Crippen molar-refractivity contribution in [2.75, 3.05) is 39.8 Å². The van der Waals surface area contributed by atoms with Gasteiger partial charge in [0.05, 0.1) is 0 Å². The van der Waals surface area contributed by atoms with Crippen molar-refractivity contribution in [3.05, 3.63) is 69.6 Å². The van der Waals surface area contributed by atoms with E-state index in [-0.39, 0.29) is 11.6 Å². The van der Waals surface area contributed by atoms with Crippen LogP contribution < -0.4 is 5.56 Å². The molecule has 2 aliphatic heterocycles. The highest BCUT2D eigenvalue weighted by Crippen LogP contribution is 2.19. The van der Waals surface area contributed by atoms with Crippen LogP contribution in [0.5, 0.6) is 0 Å². The monoisotopic (exact) mass is 380 g/mol. The summed E-state index contributed by atoms with van der Waals surface area (Å²) < 4.78 is 1.79. The zero-order valence-electron chi connectivity index (χ0n) is 16.5. The van der Waals surface area contributed by atoms with Crippen LogP contribution >= 0.6 is 0 Å². The fourth-order valence-corrected chi connectivity index (χ4v) is 4.00. The van der Waals surface area contributed by atoms with Crippen LogP contribution in [0.15, 0.2) is 47.4 Å². The van der Waals surface area contributed by atoms with Gasteiger partial charge in [0.1, 0.15) is 0 Å². The molecule has 0 aliphatic carbocycles. The van der Waals surface area contributed by atoms with E-state index in [1.165, 1.54) is 5.56 Å². The molecule has 0 atom stereocenters. The molecular weight excluding hydrogens is 352 g/mol. The summed E-state index contributed by atoms with van der Waals surface area (Å²) in [5.74, 6) is 0. The van der Waals surface area contributed by atoms with Crippen molar-refractivity contribution in [3.8, 4) is 0 Å². The van der Waals surface area contributed by atoms with Gasteiger partial charge in [-0.05, 0) is 36.6 Å². The van der Waals surface area contributed by atoms with Crippen molar-refractivity contribution in [2.45, 2.75) is 25.9 Å². The summed E-state index contributed by atoms with van der Waals surface area (Å²) in [7, 11) is 2.09. The molecule has 1 aromatic heterocycles. The van der Waals surface area contributed by atoms with Gasteiger partial charge in [-0.15, -0.1) is 0 Å². The smallest absolute Gasteiger partial charge is 0.320 e. The maximum absolute atomic E-state index is 12.9. The fourth-order valence-electron chi connectivity index (χ4n) is 4.00. The van der Waals surface area contributed by atoms with E-state index in [4.69, 9.17) is 0 Å². The van der Waals surface area contributed by atoms with Crippen molar-refractivity contribution in [1.82, 2.24) is 19.3 Å². The summed E-state index contributed by atoms with van der Waals surface area (Å²) in [5, 5.41) is 0. The summed E-state index contributed by atoms with van der Waals surface area (Å²) in [6, 6.07) is 12.1. The van der Waals surface area contributed by atoms with E-state index in [0.717, 1.165) is 50.1 Å². The van der Waals surface area contributed by atoms with Gasteiger partial charge in [-0.25, -0.2) is 4.79 Å². The van der Waals surface area contributed by atoms with Crippen LogP contribution in [0.1, 0.15) is 16.7 Å². The molecule has 6 heteroatoms. The lowest BCUT2D eigenvalue weighted by molar-refractivity contribution is 0.118. The number of aromatic nitrogens is 1. The lowest BCUT2D eigenvalue weighted by Crippen LogP contribution is -2.52. The first-order chi connectivity index (χ1) is 13.6. The molecule has 2 amide bonds. The van der Waals surface area contributed by atoms with E-state index < -0.39 is 0 Å². The Labute approximate surface area is 166 Å². The number of carbonyl (C=O) groups is 1. The topological polar surface area (TPSA) is 48.8 Å². The summed E-state index contributed by atoms with van der Waals surface area (Å²) in [4.78, 5) is 31.5. The van der Waals surface area contributed by atoms with Gasteiger partial charge in [0.25, 0.3) is 5.56 Å². The second kappa shape index (κ2) is 8.19. The van der Waals surface area contributed by atoms with Crippen LogP contribution in [0.3, 0.4) is 0 Å². The minimum atomic E-state index is 0.0496. The summed E-state index contributed by atoms with van der Waals surface area (Å²) in [6.07, 6.45) is 3.54. The SMILES string of the molecule is CN1CCN(C(=O)N2CCc3cc(=O)n(CCc4ccccc4)cc3C2)CC1. The number of rotatable bonds is 3. The Kier molecular flexibility index (Phi) is 5.48. The lowest BCUT2D eigenvalue weighted by Gasteiger charge is -2.38. The number of nitrogens with zero attached hydrogens (tertiary/aromatic N) is 4. The number of likely N-dealkylation sites (N-methyl/N-ethyl adjacent to an activating group) is 1. The van der Waals surface area contributed by atoms with E-state index in [2.05, 4.69) is 24.1 Å². The lowest BCUT2D eigenvalue weighted by atomic mass is 10.0. The predicted molar refractivity (Wildman–Crippen MR) is 109 cm³/mol. The Hall–Kier alpha value is -2.60. The van der Waals surface area contributed by atoms with Gasteiger partial charge in [0.2, 0.25) is 0 Å². The van der Waals surface area contributed by atoms with Gasteiger partial charge in [0, 0.05) is 58.1 Å². The third kappa shape index (κ3) is 4.12. The molecule has 0 spiro atoms. The first kappa shape index (κ1) is 18.7. The highest BCUT2D eigenvalue weighted by Gasteiger charge is 2.27. The number of benzene rings is 1. The van der Waals surface area contributed by atoms with Gasteiger partial charge in [0.15, 0.2) is 0 Å². The molecule has 0 bridgehead atoms. The number of amides is 2. The average molecular weight is 380 g/mol. The number of hydrogen-bond donors (Lipinski definition) is 0. The zero-order valence-corrected chi connectivity index (χ0v) is 16.5. The van der Waals surface area contributed by atoms with Gasteiger partial charge >= 0.3 is 6.03 Å². The predicted octanol–water partition coefficient (Wildman–Crippen LogP) is 1.82. The van der Waals surface area contributed by atoms with E-state index in [9.17, 15) is 9.59 Å². The minimum absolute atomic E-state index is 0.0496. The molecule has 148 valence electrons. The third-order valence-corrected chi connectivity index (χ3v) is 5.85. The number of carbonyl (C=O) groups excluding carboxylic acids is 1. The van der Waals surface area contributed by atoms with Crippen molar-refractivity contribution >= 4 is 6.03 Å². The highest BCUT2D eigenvalue weighted by molar-refractivity contribution is 5.75. The van der Waals surface area contributed by atoms with Crippen LogP contribution in [0.4, 0.5) is 4.79 Å². The first-order valence-electron chi connectivity index (χ1n) is 10.1. The van der Waals surface area contributed by atoms with E-state index >= 15 is 0 Å². The largest absolute Gasteiger partial charge is 0.322 e. The Bertz CT molecular complexity index is 885. The Morgan fingerprint density at radius 3 is 2.46 bits per heavy atom. The number of fused-ring (bicyclic) bond motifs is 1. The minimum Gasteiger partial charge on any atom is -0.322 e. The zero-order chi connectivity index (χ0) is 19.5. The number of urea groups is 1. The van der Waals surface area contributed by atoms with Crippen molar-refractivity contribution < 1.29 is 4.79 Å². The number of pyridine rings is 1. The van der Waals surface area contributed by atoms with E-state index in [1.54, 1.807) is 10.6 Å². The molecule has 1 saturated heterocycles. The molecule has 4 rings (SSSR count). The molecule has 28 heavy (non-hydrogen) atoms. The van der Waals surface area contributed by atoms with Crippen molar-refractivity contribution in [3.63, 3.8) is 0 Å². The summed E-state index contributed by atoms with van der Waals surface area (Å²) in [6.45, 7) is 5.36. The average Bonchev–Trinajstić information content (AvgIpc) is 2.73. The summed E-state index contributed by atoms with van der Waals surface area (Å²) >= 11 is 0. The third-order valence-electron chi connectivity index (χ3n) is 5.85. The van der Waals surface area contributed by atoms with Crippen LogP contribution in [0.2, 0.25) is 0 Å². The highest BCUT2D eigenvalue weighted by atomic mass is 16.2. The molecule has 1 aromatic carbocycles. The molecule has 2 aromatic rings. The van der Waals surface area contributed by atoms with Gasteiger partial charge in [-0.3, -0.25) is 4.79 Å². The molecule has 0 N–H and O–H groups in total. The van der Waals surface area contributed by atoms with Gasteiger partial charge in [-0.1, -0.05) is 30.3 Å². The Morgan fingerprint density at radius 2 is 1.71 bits per heavy atom. The van der Waals surface area contributed by atoms with E-state index in [1.807, 2.05) is 34.2 Å². The van der Waals surface area contributed by atoms with Crippen molar-refractivity contribution in [1.29, 1.82) is 0 Å².